The van der Waals surface area contributed by atoms with Gasteiger partial charge in [-0.15, -0.1) is 0 Å². The minimum absolute atomic E-state index is 0.162. The number of nitrogens with one attached hydrogen (secondary N) is 2. The molecule has 6 nitrogen and oxygen atoms in total. The average Bonchev–Trinajstić information content (AvgIpc) is 2.72. The van der Waals surface area contributed by atoms with E-state index in [0.29, 0.717) is 33.1 Å². The van der Waals surface area contributed by atoms with E-state index in [4.69, 9.17) is 16.3 Å². The summed E-state index contributed by atoms with van der Waals surface area (Å²) in [4.78, 5) is 32.6. The molecule has 2 N–H and O–H groups in total. The number of anilines is 1. The second-order valence-corrected chi connectivity index (χ2v) is 8.00. The van der Waals surface area contributed by atoms with E-state index in [-0.39, 0.29) is 17.9 Å². The third-order valence-corrected chi connectivity index (χ3v) is 5.93. The summed E-state index contributed by atoms with van der Waals surface area (Å²) < 4.78 is 5.43. The van der Waals surface area contributed by atoms with Crippen molar-refractivity contribution in [3.8, 4) is 5.75 Å². The summed E-state index contributed by atoms with van der Waals surface area (Å²) in [7, 11) is 1.57. The highest BCUT2D eigenvalue weighted by atomic mass is 35.5. The first-order chi connectivity index (χ1) is 14.0. The molecule has 29 heavy (non-hydrogen) atoms. The number of rotatable bonds is 5. The molecule has 3 aromatic rings. The van der Waals surface area contributed by atoms with E-state index < -0.39 is 5.92 Å². The highest BCUT2D eigenvalue weighted by Gasteiger charge is 2.32. The molecule has 1 unspecified atom stereocenters. The standard InChI is InChI=1S/C21H18ClN3O3S/c1-28-16-5-3-2-4-14(16)15-10-17(26)23-19-18(15)20(27)25-21(24-19)29-11-12-6-8-13(22)9-7-12/h2-9,15H,10-11H2,1H3,(H2,23,24,25,26,27). The molecule has 1 aliphatic heterocycles. The Morgan fingerprint density at radius 3 is 2.69 bits per heavy atom. The number of para-hydroxylation sites is 1. The second kappa shape index (κ2) is 8.31. The van der Waals surface area contributed by atoms with Gasteiger partial charge >= 0.3 is 0 Å². The van der Waals surface area contributed by atoms with Crippen molar-refractivity contribution in [2.45, 2.75) is 23.2 Å². The Balaban J connectivity index is 1.67. The van der Waals surface area contributed by atoms with Gasteiger partial charge < -0.3 is 15.0 Å². The maximum atomic E-state index is 12.9. The number of carbonyl (C=O) groups excluding carboxylic acids is 1. The molecule has 0 radical (unpaired) electrons. The molecule has 0 bridgehead atoms. The van der Waals surface area contributed by atoms with E-state index in [1.807, 2.05) is 48.5 Å². The molecule has 1 atom stereocenters. The minimum Gasteiger partial charge on any atom is -0.496 e. The number of benzene rings is 2. The molecule has 4 rings (SSSR count). The van der Waals surface area contributed by atoms with Crippen molar-refractivity contribution in [1.29, 1.82) is 0 Å². The lowest BCUT2D eigenvalue weighted by atomic mass is 9.86. The lowest BCUT2D eigenvalue weighted by molar-refractivity contribution is -0.116. The summed E-state index contributed by atoms with van der Waals surface area (Å²) >= 11 is 7.30. The van der Waals surface area contributed by atoms with Crippen molar-refractivity contribution < 1.29 is 9.53 Å². The summed E-state index contributed by atoms with van der Waals surface area (Å²) in [6.07, 6.45) is 0.162. The Hall–Kier alpha value is -2.77. The van der Waals surface area contributed by atoms with Crippen molar-refractivity contribution in [1.82, 2.24) is 9.97 Å². The predicted octanol–water partition coefficient (Wildman–Crippen LogP) is 4.20. The first-order valence-electron chi connectivity index (χ1n) is 8.99. The summed E-state index contributed by atoms with van der Waals surface area (Å²) in [6.45, 7) is 0. The van der Waals surface area contributed by atoms with Gasteiger partial charge in [0.05, 0.1) is 12.7 Å². The van der Waals surface area contributed by atoms with Crippen LogP contribution in [0, 0.1) is 0 Å². The number of ether oxygens (including phenoxy) is 1. The fourth-order valence-electron chi connectivity index (χ4n) is 3.37. The molecule has 0 aliphatic carbocycles. The van der Waals surface area contributed by atoms with Crippen LogP contribution in [-0.4, -0.2) is 23.0 Å². The molecule has 2 aromatic carbocycles. The van der Waals surface area contributed by atoms with Crippen LogP contribution in [0.2, 0.25) is 5.02 Å². The molecule has 8 heteroatoms. The third kappa shape index (κ3) is 4.16. The Morgan fingerprint density at radius 2 is 1.93 bits per heavy atom. The van der Waals surface area contributed by atoms with Gasteiger partial charge in [0.15, 0.2) is 5.16 Å². The molecule has 1 aliphatic rings. The maximum Gasteiger partial charge on any atom is 0.257 e. The number of hydrogen-bond acceptors (Lipinski definition) is 5. The van der Waals surface area contributed by atoms with E-state index in [2.05, 4.69) is 15.3 Å². The normalized spacial score (nSPS) is 15.5. The van der Waals surface area contributed by atoms with Crippen molar-refractivity contribution in [3.05, 3.63) is 80.6 Å². The highest BCUT2D eigenvalue weighted by Crippen LogP contribution is 2.38. The van der Waals surface area contributed by atoms with E-state index in [1.165, 1.54) is 11.8 Å². The molecular weight excluding hydrogens is 410 g/mol. The Kier molecular flexibility index (Phi) is 5.60. The SMILES string of the molecule is COc1ccccc1C1CC(=O)Nc2nc(SCc3ccc(Cl)cc3)[nH]c(=O)c21. The number of H-pyrrole nitrogens is 1. The van der Waals surface area contributed by atoms with Gasteiger partial charge in [0.2, 0.25) is 5.91 Å². The summed E-state index contributed by atoms with van der Waals surface area (Å²) in [5.74, 6) is 0.961. The number of fused-ring (bicyclic) bond motifs is 1. The number of amides is 1. The van der Waals surface area contributed by atoms with Crippen LogP contribution in [0.1, 0.15) is 29.0 Å². The number of aromatic nitrogens is 2. The number of thioether (sulfide) groups is 1. The number of hydrogen-bond donors (Lipinski definition) is 2. The van der Waals surface area contributed by atoms with Crippen molar-refractivity contribution in [2.24, 2.45) is 0 Å². The lowest BCUT2D eigenvalue weighted by Gasteiger charge is -2.25. The van der Waals surface area contributed by atoms with Crippen LogP contribution in [0.4, 0.5) is 5.82 Å². The third-order valence-electron chi connectivity index (χ3n) is 4.73. The molecule has 0 saturated carbocycles. The molecule has 1 aromatic heterocycles. The minimum atomic E-state index is -0.415. The van der Waals surface area contributed by atoms with Crippen LogP contribution in [-0.2, 0) is 10.5 Å². The van der Waals surface area contributed by atoms with Crippen molar-refractivity contribution in [2.75, 3.05) is 12.4 Å². The zero-order valence-corrected chi connectivity index (χ0v) is 17.1. The maximum absolute atomic E-state index is 12.9. The molecule has 0 saturated heterocycles. The monoisotopic (exact) mass is 427 g/mol. The largest absolute Gasteiger partial charge is 0.496 e. The summed E-state index contributed by atoms with van der Waals surface area (Å²) in [6, 6.07) is 14.9. The Morgan fingerprint density at radius 1 is 1.17 bits per heavy atom. The second-order valence-electron chi connectivity index (χ2n) is 6.60. The quantitative estimate of drug-likeness (QED) is 0.471. The number of nitrogens with zero attached hydrogens (tertiary/aromatic N) is 1. The van der Waals surface area contributed by atoms with Crippen molar-refractivity contribution in [3.63, 3.8) is 0 Å². The fourth-order valence-corrected chi connectivity index (χ4v) is 4.31. The van der Waals surface area contributed by atoms with E-state index in [9.17, 15) is 9.59 Å². The van der Waals surface area contributed by atoms with Crippen LogP contribution in [0.5, 0.6) is 5.75 Å². The predicted molar refractivity (Wildman–Crippen MR) is 114 cm³/mol. The van der Waals surface area contributed by atoms with Crippen LogP contribution in [0.15, 0.2) is 58.5 Å². The van der Waals surface area contributed by atoms with E-state index >= 15 is 0 Å². The molecule has 0 fully saturated rings. The van der Waals surface area contributed by atoms with Gasteiger partial charge in [-0.05, 0) is 23.8 Å². The van der Waals surface area contributed by atoms with Gasteiger partial charge in [-0.2, -0.15) is 0 Å². The van der Waals surface area contributed by atoms with Crippen LogP contribution in [0.25, 0.3) is 0 Å². The number of methoxy groups -OCH3 is 1. The zero-order chi connectivity index (χ0) is 20.4. The van der Waals surface area contributed by atoms with Gasteiger partial charge in [0.1, 0.15) is 11.6 Å². The topological polar surface area (TPSA) is 84.1 Å². The van der Waals surface area contributed by atoms with Crippen molar-refractivity contribution >= 4 is 35.1 Å². The molecule has 1 amide bonds. The summed E-state index contributed by atoms with van der Waals surface area (Å²) in [5, 5.41) is 3.86. The Labute approximate surface area is 176 Å². The summed E-state index contributed by atoms with van der Waals surface area (Å²) in [5.41, 5.74) is 2.03. The van der Waals surface area contributed by atoms with Crippen LogP contribution < -0.4 is 15.6 Å². The molecule has 2 heterocycles. The number of halogens is 1. The number of aromatic amines is 1. The van der Waals surface area contributed by atoms with Gasteiger partial charge in [-0.1, -0.05) is 53.7 Å². The highest BCUT2D eigenvalue weighted by molar-refractivity contribution is 7.98. The Bertz CT molecular complexity index is 1110. The van der Waals surface area contributed by atoms with Gasteiger partial charge in [0, 0.05) is 28.7 Å². The van der Waals surface area contributed by atoms with Gasteiger partial charge in [0.25, 0.3) is 5.56 Å². The molecule has 0 spiro atoms. The lowest BCUT2D eigenvalue weighted by Crippen LogP contribution is -2.31. The van der Waals surface area contributed by atoms with Crippen LogP contribution in [0.3, 0.4) is 0 Å². The van der Waals surface area contributed by atoms with E-state index in [0.717, 1.165) is 11.1 Å². The van der Waals surface area contributed by atoms with Crippen LogP contribution >= 0.6 is 23.4 Å². The fraction of sp³-hybridized carbons (Fsp3) is 0.190. The first-order valence-corrected chi connectivity index (χ1v) is 10.4. The number of carbonyl (C=O) groups is 1. The molecule has 148 valence electrons. The smallest absolute Gasteiger partial charge is 0.257 e. The van der Waals surface area contributed by atoms with Gasteiger partial charge in [-0.25, -0.2) is 4.98 Å². The first kappa shape index (κ1) is 19.5. The van der Waals surface area contributed by atoms with E-state index in [1.54, 1.807) is 7.11 Å². The zero-order valence-electron chi connectivity index (χ0n) is 15.6. The van der Waals surface area contributed by atoms with Gasteiger partial charge in [-0.3, -0.25) is 9.59 Å². The molecular formula is C21H18ClN3O3S. The average molecular weight is 428 g/mol.